The Labute approximate surface area is 140 Å². The normalized spacial score (nSPS) is 13.4. The molecule has 0 unspecified atom stereocenters. The number of carbonyl (C=O) groups is 1. The Bertz CT molecular complexity index is 690. The molecule has 24 heavy (non-hydrogen) atoms. The van der Waals surface area contributed by atoms with Gasteiger partial charge in [-0.25, -0.2) is 9.18 Å². The largest absolute Gasteiger partial charge is 0.487 e. The lowest BCUT2D eigenvalue weighted by atomic mass is 10.2. The van der Waals surface area contributed by atoms with E-state index in [4.69, 9.17) is 4.74 Å². The van der Waals surface area contributed by atoms with Gasteiger partial charge < -0.3 is 15.4 Å². The van der Waals surface area contributed by atoms with E-state index in [1.165, 1.54) is 0 Å². The molecule has 1 saturated carbocycles. The number of hydrogen-bond donors (Lipinski definition) is 2. The number of halogens is 1. The minimum Gasteiger partial charge on any atom is -0.487 e. The Morgan fingerprint density at radius 2 is 2.08 bits per heavy atom. The summed E-state index contributed by atoms with van der Waals surface area (Å²) in [6, 6.07) is 10.3. The third-order valence-corrected chi connectivity index (χ3v) is 3.69. The molecule has 1 heterocycles. The van der Waals surface area contributed by atoms with Gasteiger partial charge >= 0.3 is 6.03 Å². The predicted octanol–water partition coefficient (Wildman–Crippen LogP) is 2.80. The van der Waals surface area contributed by atoms with Gasteiger partial charge in [-0.2, -0.15) is 0 Å². The molecule has 5 nitrogen and oxygen atoms in total. The van der Waals surface area contributed by atoms with Crippen molar-refractivity contribution in [1.29, 1.82) is 0 Å². The number of carbonyl (C=O) groups excluding carboxylic acids is 1. The van der Waals surface area contributed by atoms with Gasteiger partial charge in [-0.3, -0.25) is 4.98 Å². The lowest BCUT2D eigenvalue weighted by Gasteiger charge is -2.11. The first-order chi connectivity index (χ1) is 11.7. The van der Waals surface area contributed by atoms with E-state index in [1.807, 2.05) is 18.2 Å². The van der Waals surface area contributed by atoms with Gasteiger partial charge in [0.1, 0.15) is 0 Å². The van der Waals surface area contributed by atoms with Crippen LogP contribution in [0.1, 0.15) is 24.1 Å². The maximum absolute atomic E-state index is 14.3. The summed E-state index contributed by atoms with van der Waals surface area (Å²) >= 11 is 0. The molecule has 1 aliphatic rings. The minimum atomic E-state index is -0.404. The van der Waals surface area contributed by atoms with Gasteiger partial charge in [0, 0.05) is 37.0 Å². The zero-order chi connectivity index (χ0) is 16.8. The molecule has 0 saturated heterocycles. The van der Waals surface area contributed by atoms with Gasteiger partial charge in [-0.05, 0) is 31.0 Å². The molecule has 6 heteroatoms. The number of urea groups is 1. The van der Waals surface area contributed by atoms with Gasteiger partial charge in [0.05, 0.1) is 6.10 Å². The molecule has 0 atom stereocenters. The zero-order valence-corrected chi connectivity index (χ0v) is 13.3. The van der Waals surface area contributed by atoms with E-state index >= 15 is 0 Å². The Balaban J connectivity index is 1.44. The molecule has 1 fully saturated rings. The van der Waals surface area contributed by atoms with Crippen molar-refractivity contribution in [2.75, 3.05) is 6.54 Å². The van der Waals surface area contributed by atoms with E-state index in [0.29, 0.717) is 18.5 Å². The number of nitrogens with one attached hydrogen (secondary N) is 2. The van der Waals surface area contributed by atoms with Crippen LogP contribution in [0.4, 0.5) is 9.18 Å². The third kappa shape index (κ3) is 4.68. The fourth-order valence-corrected chi connectivity index (χ4v) is 2.24. The van der Waals surface area contributed by atoms with Crippen LogP contribution in [0.25, 0.3) is 0 Å². The summed E-state index contributed by atoms with van der Waals surface area (Å²) in [6.07, 6.45) is 4.45. The molecule has 2 amide bonds. The molecule has 0 aliphatic heterocycles. The number of benzene rings is 1. The lowest BCUT2D eigenvalue weighted by molar-refractivity contribution is 0.240. The number of aromatic nitrogens is 1. The number of nitrogens with zero attached hydrogens (tertiary/aromatic N) is 1. The first-order valence-corrected chi connectivity index (χ1v) is 8.08. The summed E-state index contributed by atoms with van der Waals surface area (Å²) in [4.78, 5) is 16.0. The van der Waals surface area contributed by atoms with Crippen LogP contribution in [0.3, 0.4) is 0 Å². The van der Waals surface area contributed by atoms with Gasteiger partial charge in [-0.15, -0.1) is 0 Å². The van der Waals surface area contributed by atoms with Crippen molar-refractivity contribution in [2.45, 2.75) is 31.9 Å². The van der Waals surface area contributed by atoms with Crippen LogP contribution < -0.4 is 15.4 Å². The predicted molar refractivity (Wildman–Crippen MR) is 88.2 cm³/mol. The molecule has 1 aromatic carbocycles. The van der Waals surface area contributed by atoms with Crippen LogP contribution in [-0.2, 0) is 13.0 Å². The second-order valence-electron chi connectivity index (χ2n) is 5.73. The van der Waals surface area contributed by atoms with Crippen molar-refractivity contribution in [3.8, 4) is 5.75 Å². The number of pyridine rings is 1. The van der Waals surface area contributed by atoms with Crippen LogP contribution in [0, 0.1) is 5.82 Å². The standard InChI is InChI=1S/C18H20FN3O2/c19-17-13(4-3-6-16(17)24-15-7-8-15)12-22-18(23)21-11-9-14-5-1-2-10-20-14/h1-6,10,15H,7-9,11-12H2,(H2,21,22,23). The molecular formula is C18H20FN3O2. The fourth-order valence-electron chi connectivity index (χ4n) is 2.24. The minimum absolute atomic E-state index is 0.114. The second-order valence-corrected chi connectivity index (χ2v) is 5.73. The highest BCUT2D eigenvalue weighted by Crippen LogP contribution is 2.29. The van der Waals surface area contributed by atoms with Crippen molar-refractivity contribution in [3.05, 3.63) is 59.7 Å². The molecule has 0 radical (unpaired) electrons. The first-order valence-electron chi connectivity index (χ1n) is 8.08. The van der Waals surface area contributed by atoms with E-state index < -0.39 is 5.82 Å². The van der Waals surface area contributed by atoms with Crippen LogP contribution in [0.5, 0.6) is 5.75 Å². The molecule has 1 aliphatic carbocycles. The summed E-state index contributed by atoms with van der Waals surface area (Å²) in [7, 11) is 0. The SMILES string of the molecule is O=C(NCCc1ccccn1)NCc1cccc(OC2CC2)c1F. The molecule has 2 N–H and O–H groups in total. The van der Waals surface area contributed by atoms with Crippen LogP contribution in [0.2, 0.25) is 0 Å². The van der Waals surface area contributed by atoms with E-state index in [1.54, 1.807) is 24.4 Å². The van der Waals surface area contributed by atoms with Gasteiger partial charge in [0.25, 0.3) is 0 Å². The Kier molecular flexibility index (Phi) is 5.25. The summed E-state index contributed by atoms with van der Waals surface area (Å²) in [6.45, 7) is 0.583. The summed E-state index contributed by atoms with van der Waals surface area (Å²) in [5.41, 5.74) is 1.32. The van der Waals surface area contributed by atoms with Crippen LogP contribution in [-0.4, -0.2) is 23.7 Å². The van der Waals surface area contributed by atoms with Gasteiger partial charge in [0.15, 0.2) is 11.6 Å². The monoisotopic (exact) mass is 329 g/mol. The van der Waals surface area contributed by atoms with Crippen molar-refractivity contribution < 1.29 is 13.9 Å². The number of hydrogen-bond acceptors (Lipinski definition) is 3. The van der Waals surface area contributed by atoms with E-state index in [9.17, 15) is 9.18 Å². The maximum Gasteiger partial charge on any atom is 0.315 e. The quantitative estimate of drug-likeness (QED) is 0.821. The van der Waals surface area contributed by atoms with Crippen molar-refractivity contribution in [3.63, 3.8) is 0 Å². The average molecular weight is 329 g/mol. The van der Waals surface area contributed by atoms with Crippen LogP contribution in [0.15, 0.2) is 42.6 Å². The summed E-state index contributed by atoms with van der Waals surface area (Å²) < 4.78 is 19.8. The smallest absolute Gasteiger partial charge is 0.315 e. The lowest BCUT2D eigenvalue weighted by Crippen LogP contribution is -2.36. The van der Waals surface area contributed by atoms with Gasteiger partial charge in [0.2, 0.25) is 0 Å². The maximum atomic E-state index is 14.3. The molecular weight excluding hydrogens is 309 g/mol. The van der Waals surface area contributed by atoms with Crippen LogP contribution >= 0.6 is 0 Å². The zero-order valence-electron chi connectivity index (χ0n) is 13.3. The highest BCUT2D eigenvalue weighted by atomic mass is 19.1. The van der Waals surface area contributed by atoms with E-state index in [2.05, 4.69) is 15.6 Å². The molecule has 0 spiro atoms. The fraction of sp³-hybridized carbons (Fsp3) is 0.333. The summed E-state index contributed by atoms with van der Waals surface area (Å²) in [5, 5.41) is 5.39. The topological polar surface area (TPSA) is 63.2 Å². The molecule has 126 valence electrons. The number of rotatable bonds is 7. The number of ether oxygens (including phenoxy) is 1. The molecule has 0 bridgehead atoms. The van der Waals surface area contributed by atoms with Crippen molar-refractivity contribution in [2.24, 2.45) is 0 Å². The van der Waals surface area contributed by atoms with Crippen molar-refractivity contribution in [1.82, 2.24) is 15.6 Å². The second kappa shape index (κ2) is 7.77. The van der Waals surface area contributed by atoms with E-state index in [-0.39, 0.29) is 24.4 Å². The number of amides is 2. The first kappa shape index (κ1) is 16.2. The average Bonchev–Trinajstić information content (AvgIpc) is 3.41. The Morgan fingerprint density at radius 3 is 2.83 bits per heavy atom. The van der Waals surface area contributed by atoms with Crippen molar-refractivity contribution >= 4 is 6.03 Å². The third-order valence-electron chi connectivity index (χ3n) is 3.69. The Hall–Kier alpha value is -2.63. The highest BCUT2D eigenvalue weighted by molar-refractivity contribution is 5.73. The molecule has 2 aromatic rings. The molecule has 3 rings (SSSR count). The summed E-state index contributed by atoms with van der Waals surface area (Å²) in [5.74, 6) is -0.148. The Morgan fingerprint density at radius 1 is 1.21 bits per heavy atom. The van der Waals surface area contributed by atoms with E-state index in [0.717, 1.165) is 18.5 Å². The highest BCUT2D eigenvalue weighted by Gasteiger charge is 2.25. The molecule has 1 aromatic heterocycles. The van der Waals surface area contributed by atoms with Gasteiger partial charge in [-0.1, -0.05) is 18.2 Å².